The fourth-order valence-corrected chi connectivity index (χ4v) is 2.07. The van der Waals surface area contributed by atoms with Gasteiger partial charge in [0.1, 0.15) is 11.6 Å². The van der Waals surface area contributed by atoms with Crippen molar-refractivity contribution in [3.05, 3.63) is 35.4 Å². The van der Waals surface area contributed by atoms with Gasteiger partial charge in [-0.05, 0) is 31.9 Å². The van der Waals surface area contributed by atoms with Crippen LogP contribution in [0.1, 0.15) is 38.2 Å². The molecule has 3 N–H and O–H groups in total. The zero-order valence-electron chi connectivity index (χ0n) is 11.2. The summed E-state index contributed by atoms with van der Waals surface area (Å²) in [6, 6.07) is 4.04. The van der Waals surface area contributed by atoms with Gasteiger partial charge >= 0.3 is 0 Å². The number of rotatable bonds is 4. The number of aliphatic imine (C=N–C) groups is 1. The number of hydrogen-bond donors (Lipinski definition) is 2. The molecule has 3 atom stereocenters. The Bertz CT molecular complexity index is 467. The fraction of sp³-hybridized carbons (Fsp3) is 0.500. The van der Waals surface area contributed by atoms with Gasteiger partial charge in [0.05, 0.1) is 6.04 Å². The van der Waals surface area contributed by atoms with Crippen molar-refractivity contribution in [1.82, 2.24) is 5.32 Å². The minimum Gasteiger partial charge on any atom is -0.370 e. The molecular formula is C14H19F2N3. The lowest BCUT2D eigenvalue weighted by Crippen LogP contribution is -2.38. The molecule has 2 rings (SSSR count). The van der Waals surface area contributed by atoms with E-state index >= 15 is 0 Å². The van der Waals surface area contributed by atoms with Crippen LogP contribution in [0.5, 0.6) is 0 Å². The number of halogens is 2. The highest BCUT2D eigenvalue weighted by Gasteiger charge is 2.42. The zero-order valence-corrected chi connectivity index (χ0v) is 11.2. The summed E-state index contributed by atoms with van der Waals surface area (Å²) in [6.45, 7) is 4.04. The van der Waals surface area contributed by atoms with Crippen LogP contribution in [-0.4, -0.2) is 18.0 Å². The second kappa shape index (κ2) is 5.55. The first kappa shape index (κ1) is 13.8. The predicted octanol–water partition coefficient (Wildman–Crippen LogP) is 2.52. The summed E-state index contributed by atoms with van der Waals surface area (Å²) in [5.74, 6) is -0.857. The Labute approximate surface area is 111 Å². The Morgan fingerprint density at radius 3 is 2.68 bits per heavy atom. The van der Waals surface area contributed by atoms with E-state index < -0.39 is 11.6 Å². The molecule has 0 amide bonds. The third-order valence-corrected chi connectivity index (χ3v) is 3.44. The van der Waals surface area contributed by atoms with Crippen molar-refractivity contribution in [2.45, 2.75) is 44.7 Å². The molecule has 0 spiro atoms. The Hall–Kier alpha value is -1.65. The van der Waals surface area contributed by atoms with Gasteiger partial charge in [-0.1, -0.05) is 13.0 Å². The third-order valence-electron chi connectivity index (χ3n) is 3.44. The Kier molecular flexibility index (Phi) is 4.02. The average molecular weight is 267 g/mol. The lowest BCUT2D eigenvalue weighted by Gasteiger charge is -2.11. The molecule has 1 aromatic carbocycles. The average Bonchev–Trinajstić information content (AvgIpc) is 3.07. The molecule has 0 aromatic heterocycles. The monoisotopic (exact) mass is 267 g/mol. The highest BCUT2D eigenvalue weighted by molar-refractivity contribution is 5.78. The minimum atomic E-state index is -0.504. The van der Waals surface area contributed by atoms with Crippen molar-refractivity contribution in [2.24, 2.45) is 10.7 Å². The van der Waals surface area contributed by atoms with E-state index in [4.69, 9.17) is 5.73 Å². The summed E-state index contributed by atoms with van der Waals surface area (Å²) in [7, 11) is 0. The van der Waals surface area contributed by atoms with E-state index in [0.29, 0.717) is 12.4 Å². The van der Waals surface area contributed by atoms with Crippen molar-refractivity contribution in [3.63, 3.8) is 0 Å². The molecule has 1 saturated carbocycles. The molecule has 1 aliphatic rings. The summed E-state index contributed by atoms with van der Waals surface area (Å²) < 4.78 is 27.2. The van der Waals surface area contributed by atoms with Crippen LogP contribution in [0.3, 0.4) is 0 Å². The van der Waals surface area contributed by atoms with Gasteiger partial charge in [-0.3, -0.25) is 0 Å². The Morgan fingerprint density at radius 2 is 2.11 bits per heavy atom. The highest BCUT2D eigenvalue weighted by Crippen LogP contribution is 2.45. The summed E-state index contributed by atoms with van der Waals surface area (Å²) in [6.07, 6.45) is 1.58. The molecule has 1 aliphatic carbocycles. The summed E-state index contributed by atoms with van der Waals surface area (Å²) in [5, 5.41) is 3.04. The van der Waals surface area contributed by atoms with E-state index in [2.05, 4.69) is 10.3 Å². The van der Waals surface area contributed by atoms with E-state index in [0.717, 1.165) is 6.42 Å². The maximum absolute atomic E-state index is 13.6. The van der Waals surface area contributed by atoms with Crippen molar-refractivity contribution < 1.29 is 8.78 Å². The molecule has 19 heavy (non-hydrogen) atoms. The van der Waals surface area contributed by atoms with Gasteiger partial charge in [0.15, 0.2) is 5.96 Å². The van der Waals surface area contributed by atoms with Crippen LogP contribution in [0.4, 0.5) is 8.78 Å². The second-order valence-corrected chi connectivity index (χ2v) is 5.01. The van der Waals surface area contributed by atoms with Crippen LogP contribution in [0.25, 0.3) is 0 Å². The van der Waals surface area contributed by atoms with E-state index in [9.17, 15) is 8.78 Å². The fourth-order valence-electron chi connectivity index (χ4n) is 2.07. The maximum atomic E-state index is 13.6. The van der Waals surface area contributed by atoms with Crippen LogP contribution < -0.4 is 11.1 Å². The second-order valence-electron chi connectivity index (χ2n) is 5.01. The summed E-state index contributed by atoms with van der Waals surface area (Å²) >= 11 is 0. The number of nitrogens with two attached hydrogens (primary N) is 1. The van der Waals surface area contributed by atoms with Gasteiger partial charge in [0, 0.05) is 17.5 Å². The topological polar surface area (TPSA) is 50.4 Å². The molecule has 104 valence electrons. The van der Waals surface area contributed by atoms with Gasteiger partial charge in [0.2, 0.25) is 0 Å². The smallest absolute Gasteiger partial charge is 0.189 e. The largest absolute Gasteiger partial charge is 0.370 e. The van der Waals surface area contributed by atoms with Gasteiger partial charge in [-0.2, -0.15) is 0 Å². The molecule has 1 aromatic rings. The number of benzene rings is 1. The van der Waals surface area contributed by atoms with Crippen LogP contribution in [-0.2, 0) is 0 Å². The molecule has 0 aliphatic heterocycles. The predicted molar refractivity (Wildman–Crippen MR) is 72.0 cm³/mol. The number of nitrogens with zero attached hydrogens (tertiary/aromatic N) is 1. The van der Waals surface area contributed by atoms with Crippen molar-refractivity contribution in [2.75, 3.05) is 0 Å². The Balaban J connectivity index is 2.03. The van der Waals surface area contributed by atoms with Crippen LogP contribution >= 0.6 is 0 Å². The lowest BCUT2D eigenvalue weighted by atomic mass is 10.1. The van der Waals surface area contributed by atoms with E-state index in [-0.39, 0.29) is 23.6 Å². The van der Waals surface area contributed by atoms with Crippen molar-refractivity contribution in [1.29, 1.82) is 0 Å². The molecule has 5 heteroatoms. The Morgan fingerprint density at radius 1 is 1.47 bits per heavy atom. The van der Waals surface area contributed by atoms with E-state index in [1.54, 1.807) is 0 Å². The van der Waals surface area contributed by atoms with Gasteiger partial charge < -0.3 is 11.1 Å². The summed E-state index contributed by atoms with van der Waals surface area (Å²) in [4.78, 5) is 4.27. The van der Waals surface area contributed by atoms with Crippen molar-refractivity contribution in [3.8, 4) is 0 Å². The molecule has 0 radical (unpaired) electrons. The zero-order chi connectivity index (χ0) is 14.0. The molecule has 1 unspecified atom stereocenters. The van der Waals surface area contributed by atoms with Gasteiger partial charge in [0.25, 0.3) is 0 Å². The molecule has 0 saturated heterocycles. The van der Waals surface area contributed by atoms with Gasteiger partial charge in [-0.25, -0.2) is 13.8 Å². The van der Waals surface area contributed by atoms with E-state index in [1.807, 2.05) is 13.8 Å². The standard InChI is InChI=1S/C14H19F2N3/c1-3-8(2)18-14(17)19-12-7-9(12)13-10(15)5-4-6-11(13)16/h4-6,8-9,12H,3,7H2,1-2H3,(H3,17,18,19)/t8?,9-,12-/m1/s1. The number of guanidine groups is 1. The number of nitrogens with one attached hydrogen (secondary N) is 1. The quantitative estimate of drug-likeness (QED) is 0.650. The first-order valence-electron chi connectivity index (χ1n) is 6.56. The highest BCUT2D eigenvalue weighted by atomic mass is 19.1. The number of hydrogen-bond acceptors (Lipinski definition) is 1. The lowest BCUT2D eigenvalue weighted by molar-refractivity contribution is 0.555. The van der Waals surface area contributed by atoms with E-state index in [1.165, 1.54) is 18.2 Å². The van der Waals surface area contributed by atoms with Gasteiger partial charge in [-0.15, -0.1) is 0 Å². The molecule has 0 heterocycles. The SMILES string of the molecule is CCC(C)NC(N)=N[C@@H]1C[C@H]1c1c(F)cccc1F. The minimum absolute atomic E-state index is 0.122. The molecule has 1 fully saturated rings. The summed E-state index contributed by atoms with van der Waals surface area (Å²) in [5.41, 5.74) is 5.89. The first-order valence-corrected chi connectivity index (χ1v) is 6.56. The normalized spacial score (nSPS) is 24.1. The third kappa shape index (κ3) is 3.22. The van der Waals surface area contributed by atoms with Crippen LogP contribution in [0, 0.1) is 11.6 Å². The molecule has 0 bridgehead atoms. The molecule has 3 nitrogen and oxygen atoms in total. The molecular weight excluding hydrogens is 248 g/mol. The van der Waals surface area contributed by atoms with Crippen LogP contribution in [0.2, 0.25) is 0 Å². The first-order chi connectivity index (χ1) is 9.02. The van der Waals surface area contributed by atoms with Crippen molar-refractivity contribution >= 4 is 5.96 Å². The maximum Gasteiger partial charge on any atom is 0.189 e. The van der Waals surface area contributed by atoms with Crippen LogP contribution in [0.15, 0.2) is 23.2 Å².